The molecule has 1 aromatic heterocycles. The molecule has 0 unspecified atom stereocenters. The number of hydrogen-bond acceptors (Lipinski definition) is 4. The number of rotatable bonds is 3. The first-order chi connectivity index (χ1) is 11.5. The van der Waals surface area contributed by atoms with Crippen molar-refractivity contribution < 1.29 is 40.6 Å². The molecule has 0 radical (unpaired) electrons. The fourth-order valence-electron chi connectivity index (χ4n) is 1.94. The average Bonchev–Trinajstić information content (AvgIpc) is 2.52. The Morgan fingerprint density at radius 3 is 2.12 bits per heavy atom. The minimum atomic E-state index is -4.91. The van der Waals surface area contributed by atoms with Gasteiger partial charge in [0.15, 0.2) is 5.69 Å². The Labute approximate surface area is 137 Å². The maximum Gasteiger partial charge on any atom is 0.573 e. The molecular formula is C15H9F6NO3. The van der Waals surface area contributed by atoms with E-state index in [-0.39, 0.29) is 11.1 Å². The maximum atomic E-state index is 12.8. The molecule has 0 fully saturated rings. The number of methoxy groups -OCH3 is 1. The highest BCUT2D eigenvalue weighted by atomic mass is 19.4. The van der Waals surface area contributed by atoms with E-state index in [4.69, 9.17) is 0 Å². The van der Waals surface area contributed by atoms with E-state index in [1.807, 2.05) is 0 Å². The van der Waals surface area contributed by atoms with Gasteiger partial charge in [0.2, 0.25) is 0 Å². The van der Waals surface area contributed by atoms with Crippen molar-refractivity contribution in [3.05, 3.63) is 47.8 Å². The summed E-state index contributed by atoms with van der Waals surface area (Å²) < 4.78 is 83.1. The van der Waals surface area contributed by atoms with E-state index in [0.717, 1.165) is 31.4 Å². The van der Waals surface area contributed by atoms with Gasteiger partial charge in [-0.2, -0.15) is 13.2 Å². The lowest BCUT2D eigenvalue weighted by Gasteiger charge is -2.13. The molecular weight excluding hydrogens is 356 g/mol. The van der Waals surface area contributed by atoms with Crippen molar-refractivity contribution in [3.8, 4) is 16.9 Å². The smallest absolute Gasteiger partial charge is 0.464 e. The summed E-state index contributed by atoms with van der Waals surface area (Å²) in [5.41, 5.74) is -1.72. The molecule has 4 nitrogen and oxygen atoms in total. The van der Waals surface area contributed by atoms with E-state index < -0.39 is 35.5 Å². The van der Waals surface area contributed by atoms with Crippen molar-refractivity contribution in [2.24, 2.45) is 0 Å². The quantitative estimate of drug-likeness (QED) is 0.596. The second kappa shape index (κ2) is 6.61. The first kappa shape index (κ1) is 18.6. The van der Waals surface area contributed by atoms with Crippen LogP contribution in [-0.2, 0) is 10.9 Å². The fourth-order valence-corrected chi connectivity index (χ4v) is 1.94. The molecule has 0 N–H and O–H groups in total. The topological polar surface area (TPSA) is 48.4 Å². The van der Waals surface area contributed by atoms with Crippen LogP contribution in [0, 0.1) is 0 Å². The number of carbonyl (C=O) groups excluding carboxylic acids is 1. The molecule has 0 aliphatic rings. The molecule has 25 heavy (non-hydrogen) atoms. The van der Waals surface area contributed by atoms with Crippen LogP contribution >= 0.6 is 0 Å². The van der Waals surface area contributed by atoms with E-state index in [0.29, 0.717) is 12.3 Å². The number of carbonyl (C=O) groups is 1. The zero-order chi connectivity index (χ0) is 18.8. The van der Waals surface area contributed by atoms with E-state index in [1.54, 1.807) is 0 Å². The second-order valence-corrected chi connectivity index (χ2v) is 4.68. The summed E-state index contributed by atoms with van der Waals surface area (Å²) in [5, 5.41) is 0. The van der Waals surface area contributed by atoms with Gasteiger partial charge >= 0.3 is 18.5 Å². The largest absolute Gasteiger partial charge is 0.573 e. The van der Waals surface area contributed by atoms with E-state index in [1.165, 1.54) is 0 Å². The summed E-state index contributed by atoms with van der Waals surface area (Å²) in [6.07, 6.45) is -9.15. The molecule has 2 aromatic rings. The van der Waals surface area contributed by atoms with E-state index >= 15 is 0 Å². The summed E-state index contributed by atoms with van der Waals surface area (Å²) in [6, 6.07) is 4.63. The molecule has 1 aromatic carbocycles. The number of ether oxygens (including phenoxy) is 2. The molecule has 0 saturated heterocycles. The summed E-state index contributed by atoms with van der Waals surface area (Å²) in [7, 11) is 1.02. The van der Waals surface area contributed by atoms with E-state index in [9.17, 15) is 31.1 Å². The van der Waals surface area contributed by atoms with Crippen LogP contribution in [0.1, 0.15) is 16.1 Å². The van der Waals surface area contributed by atoms with Crippen LogP contribution in [0.4, 0.5) is 26.3 Å². The Balaban J connectivity index is 2.50. The lowest BCUT2D eigenvalue weighted by atomic mass is 10.0. The van der Waals surface area contributed by atoms with Gasteiger partial charge in [-0.15, -0.1) is 13.2 Å². The van der Waals surface area contributed by atoms with Gasteiger partial charge in [0.05, 0.1) is 12.7 Å². The third kappa shape index (κ3) is 4.61. The molecule has 0 spiro atoms. The van der Waals surface area contributed by atoms with Crippen LogP contribution in [-0.4, -0.2) is 24.4 Å². The minimum Gasteiger partial charge on any atom is -0.464 e. The Bertz CT molecular complexity index is 768. The van der Waals surface area contributed by atoms with Crippen molar-refractivity contribution in [2.75, 3.05) is 7.11 Å². The number of halogens is 6. The number of pyridine rings is 1. The van der Waals surface area contributed by atoms with Crippen molar-refractivity contribution in [2.45, 2.75) is 12.5 Å². The monoisotopic (exact) mass is 365 g/mol. The van der Waals surface area contributed by atoms with Crippen LogP contribution in [0.3, 0.4) is 0 Å². The Morgan fingerprint density at radius 2 is 1.64 bits per heavy atom. The molecule has 0 amide bonds. The number of hydrogen-bond donors (Lipinski definition) is 0. The van der Waals surface area contributed by atoms with Gasteiger partial charge in [0.1, 0.15) is 5.75 Å². The zero-order valence-corrected chi connectivity index (χ0v) is 12.4. The highest BCUT2D eigenvalue weighted by molar-refractivity contribution is 5.95. The van der Waals surface area contributed by atoms with Gasteiger partial charge in [-0.3, -0.25) is 0 Å². The molecule has 0 bridgehead atoms. The molecule has 0 saturated carbocycles. The van der Waals surface area contributed by atoms with Crippen LogP contribution in [0.15, 0.2) is 36.5 Å². The molecule has 1 heterocycles. The van der Waals surface area contributed by atoms with Crippen molar-refractivity contribution in [1.82, 2.24) is 4.98 Å². The number of esters is 1. The lowest BCUT2D eigenvalue weighted by Crippen LogP contribution is -2.17. The molecule has 134 valence electrons. The normalized spacial score (nSPS) is 12.0. The summed E-state index contributed by atoms with van der Waals surface area (Å²) >= 11 is 0. The zero-order valence-electron chi connectivity index (χ0n) is 12.4. The van der Waals surface area contributed by atoms with Crippen molar-refractivity contribution >= 4 is 5.97 Å². The number of benzene rings is 1. The summed E-state index contributed by atoms with van der Waals surface area (Å²) in [6.45, 7) is 0. The predicted molar refractivity (Wildman–Crippen MR) is 72.7 cm³/mol. The predicted octanol–water partition coefficient (Wildman–Crippen LogP) is 4.45. The van der Waals surface area contributed by atoms with Crippen LogP contribution in [0.5, 0.6) is 5.75 Å². The molecule has 10 heteroatoms. The van der Waals surface area contributed by atoms with Crippen molar-refractivity contribution in [3.63, 3.8) is 0 Å². The Morgan fingerprint density at radius 1 is 1.04 bits per heavy atom. The maximum absolute atomic E-state index is 12.8. The number of nitrogens with zero attached hydrogens (tertiary/aromatic N) is 1. The fraction of sp³-hybridized carbons (Fsp3) is 0.200. The van der Waals surface area contributed by atoms with Gasteiger partial charge in [-0.1, -0.05) is 12.1 Å². The Kier molecular flexibility index (Phi) is 4.91. The lowest BCUT2D eigenvalue weighted by molar-refractivity contribution is -0.274. The third-order valence-electron chi connectivity index (χ3n) is 2.99. The third-order valence-corrected chi connectivity index (χ3v) is 2.99. The summed E-state index contributed by atoms with van der Waals surface area (Å²) in [5.74, 6) is -1.55. The highest BCUT2D eigenvalue weighted by Crippen LogP contribution is 2.34. The average molecular weight is 365 g/mol. The van der Waals surface area contributed by atoms with Crippen molar-refractivity contribution in [1.29, 1.82) is 0 Å². The molecule has 0 atom stereocenters. The van der Waals surface area contributed by atoms with Gasteiger partial charge in [0.25, 0.3) is 0 Å². The van der Waals surface area contributed by atoms with Gasteiger partial charge < -0.3 is 9.47 Å². The number of alkyl halides is 6. The molecule has 2 rings (SSSR count). The van der Waals surface area contributed by atoms with Gasteiger partial charge in [-0.05, 0) is 23.8 Å². The van der Waals surface area contributed by atoms with Gasteiger partial charge in [-0.25, -0.2) is 9.78 Å². The SMILES string of the molecule is COC(=O)c1ncc(C(F)(F)F)cc1-c1ccc(OC(F)(F)F)cc1. The molecule has 0 aliphatic heterocycles. The number of aromatic nitrogens is 1. The van der Waals surface area contributed by atoms with Crippen LogP contribution in [0.2, 0.25) is 0 Å². The first-order valence-corrected chi connectivity index (χ1v) is 6.53. The van der Waals surface area contributed by atoms with Gasteiger partial charge in [0, 0.05) is 11.8 Å². The van der Waals surface area contributed by atoms with E-state index in [2.05, 4.69) is 14.5 Å². The minimum absolute atomic E-state index is 0.0357. The first-order valence-electron chi connectivity index (χ1n) is 6.53. The molecule has 0 aliphatic carbocycles. The Hall–Kier alpha value is -2.78. The second-order valence-electron chi connectivity index (χ2n) is 4.68. The standard InChI is InChI=1S/C15H9F6NO3/c1-24-13(23)12-11(6-9(7-22-12)14(16,17)18)8-2-4-10(5-3-8)25-15(19,20)21/h2-7H,1H3. The summed E-state index contributed by atoms with van der Waals surface area (Å²) in [4.78, 5) is 15.2. The highest BCUT2D eigenvalue weighted by Gasteiger charge is 2.33. The van der Waals surface area contributed by atoms with Crippen LogP contribution in [0.25, 0.3) is 11.1 Å². The van der Waals surface area contributed by atoms with Crippen LogP contribution < -0.4 is 4.74 Å².